The quantitative estimate of drug-likeness (QED) is 0.777. The Kier molecular flexibility index (Phi) is 6.50. The highest BCUT2D eigenvalue weighted by Gasteiger charge is 2.22. The molecular weight excluding hydrogens is 358 g/mol. The molecule has 0 bridgehead atoms. The molecule has 144 valence electrons. The normalized spacial score (nSPS) is 14.3. The highest BCUT2D eigenvalue weighted by atomic mass is 32.1. The zero-order valence-corrected chi connectivity index (χ0v) is 16.8. The van der Waals surface area contributed by atoms with Crippen molar-refractivity contribution in [2.75, 3.05) is 37.6 Å². The number of rotatable bonds is 6. The van der Waals surface area contributed by atoms with E-state index in [0.29, 0.717) is 24.3 Å². The molecule has 1 aliphatic rings. The zero-order valence-electron chi connectivity index (χ0n) is 16.0. The minimum atomic E-state index is -0.0559. The Morgan fingerprint density at radius 1 is 1.07 bits per heavy atom. The molecule has 1 N–H and O–H groups in total. The van der Waals surface area contributed by atoms with Crippen molar-refractivity contribution >= 4 is 28.8 Å². The lowest BCUT2D eigenvalue weighted by atomic mass is 10.1. The van der Waals surface area contributed by atoms with Crippen molar-refractivity contribution in [1.82, 2.24) is 10.2 Å². The maximum absolute atomic E-state index is 12.4. The van der Waals surface area contributed by atoms with Gasteiger partial charge in [0.05, 0.1) is 4.88 Å². The van der Waals surface area contributed by atoms with Crippen molar-refractivity contribution in [2.24, 2.45) is 0 Å². The Morgan fingerprint density at radius 3 is 2.56 bits per heavy atom. The number of carbonyl (C=O) groups is 2. The van der Waals surface area contributed by atoms with Crippen LogP contribution in [-0.2, 0) is 4.79 Å². The second kappa shape index (κ2) is 9.04. The molecule has 0 atom stereocenters. The lowest BCUT2D eigenvalue weighted by Gasteiger charge is -2.37. The van der Waals surface area contributed by atoms with E-state index in [9.17, 15) is 9.59 Å². The van der Waals surface area contributed by atoms with Gasteiger partial charge in [0.2, 0.25) is 5.91 Å². The fraction of sp³-hybridized carbons (Fsp3) is 0.429. The number of amides is 2. The SMILES string of the molecule is Cc1cccc(N2CCN(C(=O)CCCNC(=O)c3cccs3)CC2)c1C. The van der Waals surface area contributed by atoms with Crippen LogP contribution in [0.4, 0.5) is 5.69 Å². The summed E-state index contributed by atoms with van der Waals surface area (Å²) >= 11 is 1.43. The van der Waals surface area contributed by atoms with Gasteiger partial charge in [-0.15, -0.1) is 11.3 Å². The average Bonchev–Trinajstić information content (AvgIpc) is 3.22. The van der Waals surface area contributed by atoms with Gasteiger partial charge in [-0.2, -0.15) is 0 Å². The summed E-state index contributed by atoms with van der Waals surface area (Å²) in [6, 6.07) is 10.1. The van der Waals surface area contributed by atoms with Gasteiger partial charge in [0.15, 0.2) is 0 Å². The minimum absolute atomic E-state index is 0.0559. The number of anilines is 1. The van der Waals surface area contributed by atoms with Gasteiger partial charge in [0.25, 0.3) is 5.91 Å². The monoisotopic (exact) mass is 385 g/mol. The first-order valence-corrected chi connectivity index (χ1v) is 10.3. The van der Waals surface area contributed by atoms with Gasteiger partial charge in [0.1, 0.15) is 0 Å². The van der Waals surface area contributed by atoms with E-state index in [1.54, 1.807) is 6.07 Å². The molecule has 0 unspecified atom stereocenters. The molecule has 27 heavy (non-hydrogen) atoms. The van der Waals surface area contributed by atoms with Crippen LogP contribution in [0.1, 0.15) is 33.6 Å². The Bertz CT molecular complexity index is 781. The van der Waals surface area contributed by atoms with E-state index in [1.165, 1.54) is 28.2 Å². The van der Waals surface area contributed by atoms with Crippen LogP contribution in [0.2, 0.25) is 0 Å². The number of hydrogen-bond acceptors (Lipinski definition) is 4. The molecule has 1 aromatic carbocycles. The largest absolute Gasteiger partial charge is 0.368 e. The second-order valence-electron chi connectivity index (χ2n) is 6.92. The van der Waals surface area contributed by atoms with Gasteiger partial charge in [0, 0.05) is 44.8 Å². The molecule has 0 aliphatic carbocycles. The van der Waals surface area contributed by atoms with Crippen molar-refractivity contribution in [3.63, 3.8) is 0 Å². The summed E-state index contributed by atoms with van der Waals surface area (Å²) < 4.78 is 0. The molecule has 0 saturated carbocycles. The van der Waals surface area contributed by atoms with E-state index < -0.39 is 0 Å². The lowest BCUT2D eigenvalue weighted by molar-refractivity contribution is -0.131. The third-order valence-corrected chi connectivity index (χ3v) is 6.02. The average molecular weight is 386 g/mol. The number of hydrogen-bond donors (Lipinski definition) is 1. The van der Waals surface area contributed by atoms with Gasteiger partial charge >= 0.3 is 0 Å². The summed E-state index contributed by atoms with van der Waals surface area (Å²) in [5.74, 6) is 0.126. The van der Waals surface area contributed by atoms with Crippen LogP contribution in [0, 0.1) is 13.8 Å². The number of piperazine rings is 1. The number of carbonyl (C=O) groups excluding carboxylic acids is 2. The van der Waals surface area contributed by atoms with Crippen LogP contribution in [0.5, 0.6) is 0 Å². The summed E-state index contributed by atoms with van der Waals surface area (Å²) in [5, 5.41) is 4.76. The highest BCUT2D eigenvalue weighted by molar-refractivity contribution is 7.12. The van der Waals surface area contributed by atoms with Gasteiger partial charge in [-0.1, -0.05) is 18.2 Å². The molecule has 0 radical (unpaired) electrons. The summed E-state index contributed by atoms with van der Waals surface area (Å²) in [4.78, 5) is 29.3. The van der Waals surface area contributed by atoms with Crippen LogP contribution < -0.4 is 10.2 Å². The number of nitrogens with one attached hydrogen (secondary N) is 1. The van der Waals surface area contributed by atoms with E-state index in [-0.39, 0.29) is 11.8 Å². The Labute approximate surface area is 165 Å². The molecular formula is C21H27N3O2S. The Hall–Kier alpha value is -2.34. The zero-order chi connectivity index (χ0) is 19.2. The second-order valence-corrected chi connectivity index (χ2v) is 7.87. The summed E-state index contributed by atoms with van der Waals surface area (Å²) in [5.41, 5.74) is 3.90. The van der Waals surface area contributed by atoms with Gasteiger partial charge in [-0.3, -0.25) is 9.59 Å². The van der Waals surface area contributed by atoms with E-state index in [0.717, 1.165) is 26.2 Å². The Morgan fingerprint density at radius 2 is 1.85 bits per heavy atom. The Balaban J connectivity index is 1.39. The molecule has 6 heteroatoms. The van der Waals surface area contributed by atoms with Crippen molar-refractivity contribution in [3.05, 3.63) is 51.7 Å². The molecule has 5 nitrogen and oxygen atoms in total. The molecule has 0 spiro atoms. The topological polar surface area (TPSA) is 52.6 Å². The van der Waals surface area contributed by atoms with Crippen molar-refractivity contribution in [3.8, 4) is 0 Å². The van der Waals surface area contributed by atoms with E-state index >= 15 is 0 Å². The number of thiophene rings is 1. The van der Waals surface area contributed by atoms with Crippen LogP contribution >= 0.6 is 11.3 Å². The van der Waals surface area contributed by atoms with Crippen molar-refractivity contribution in [1.29, 1.82) is 0 Å². The predicted octanol–water partition coefficient (Wildman–Crippen LogP) is 3.22. The van der Waals surface area contributed by atoms with Crippen LogP contribution in [0.3, 0.4) is 0 Å². The fourth-order valence-electron chi connectivity index (χ4n) is 3.37. The smallest absolute Gasteiger partial charge is 0.261 e. The number of benzene rings is 1. The van der Waals surface area contributed by atoms with Gasteiger partial charge < -0.3 is 15.1 Å². The van der Waals surface area contributed by atoms with E-state index in [1.807, 2.05) is 16.3 Å². The van der Waals surface area contributed by atoms with Crippen molar-refractivity contribution in [2.45, 2.75) is 26.7 Å². The summed E-state index contributed by atoms with van der Waals surface area (Å²) in [7, 11) is 0. The third kappa shape index (κ3) is 4.89. The molecule has 1 aromatic heterocycles. The molecule has 3 rings (SSSR count). The molecule has 1 fully saturated rings. The minimum Gasteiger partial charge on any atom is -0.368 e. The number of nitrogens with zero attached hydrogens (tertiary/aromatic N) is 2. The molecule has 2 aromatic rings. The first-order chi connectivity index (χ1) is 13.1. The lowest BCUT2D eigenvalue weighted by Crippen LogP contribution is -2.49. The van der Waals surface area contributed by atoms with Crippen LogP contribution in [0.15, 0.2) is 35.7 Å². The van der Waals surface area contributed by atoms with Crippen LogP contribution in [0.25, 0.3) is 0 Å². The highest BCUT2D eigenvalue weighted by Crippen LogP contribution is 2.24. The molecule has 2 amide bonds. The van der Waals surface area contributed by atoms with Gasteiger partial charge in [-0.05, 0) is 48.9 Å². The maximum Gasteiger partial charge on any atom is 0.261 e. The molecule has 2 heterocycles. The van der Waals surface area contributed by atoms with Crippen molar-refractivity contribution < 1.29 is 9.59 Å². The molecule has 1 aliphatic heterocycles. The van der Waals surface area contributed by atoms with Crippen LogP contribution in [-0.4, -0.2) is 49.4 Å². The number of aryl methyl sites for hydroxylation is 1. The fourth-order valence-corrected chi connectivity index (χ4v) is 4.01. The molecule has 1 saturated heterocycles. The van der Waals surface area contributed by atoms with E-state index in [2.05, 4.69) is 42.3 Å². The third-order valence-electron chi connectivity index (χ3n) is 5.15. The first kappa shape index (κ1) is 19.4. The summed E-state index contributed by atoms with van der Waals surface area (Å²) in [6.07, 6.45) is 1.15. The van der Waals surface area contributed by atoms with E-state index in [4.69, 9.17) is 0 Å². The standard InChI is InChI=1S/C21H27N3O2S/c1-16-6-3-7-18(17(16)2)23-11-13-24(14-12-23)20(25)9-4-10-22-21(26)19-8-5-15-27-19/h3,5-8,15H,4,9-14H2,1-2H3,(H,22,26). The summed E-state index contributed by atoms with van der Waals surface area (Å²) in [6.45, 7) is 8.07. The predicted molar refractivity (Wildman–Crippen MR) is 111 cm³/mol. The maximum atomic E-state index is 12.4. The van der Waals surface area contributed by atoms with Gasteiger partial charge in [-0.25, -0.2) is 0 Å². The first-order valence-electron chi connectivity index (χ1n) is 9.47.